The van der Waals surface area contributed by atoms with Crippen LogP contribution in [0.3, 0.4) is 0 Å². The molecular weight excluding hydrogens is 353 g/mol. The summed E-state index contributed by atoms with van der Waals surface area (Å²) in [6, 6.07) is 10.3. The van der Waals surface area contributed by atoms with Crippen molar-refractivity contribution in [3.8, 4) is 0 Å². The Morgan fingerprint density at radius 3 is 2.00 bits per heavy atom. The maximum Gasteiger partial charge on any atom is 0.0377 e. The van der Waals surface area contributed by atoms with Crippen molar-refractivity contribution >= 4 is 30.5 Å². The summed E-state index contributed by atoms with van der Waals surface area (Å²) in [6.45, 7) is 7.18. The van der Waals surface area contributed by atoms with E-state index in [0.717, 1.165) is 19.0 Å². The topological polar surface area (TPSA) is 18.5 Å². The van der Waals surface area contributed by atoms with Crippen molar-refractivity contribution in [1.29, 1.82) is 0 Å². The number of nitrogens with zero attached hydrogens (tertiary/aromatic N) is 2. The van der Waals surface area contributed by atoms with Gasteiger partial charge in [0.05, 0.1) is 0 Å². The summed E-state index contributed by atoms with van der Waals surface area (Å²) in [5, 5.41) is 3.51. The molecule has 0 aromatic heterocycles. The minimum Gasteiger partial charge on any atom is -0.372 e. The first kappa shape index (κ1) is 20.8. The first-order valence-corrected chi connectivity index (χ1v) is 9.71. The molecule has 0 radical (unpaired) electrons. The number of anilines is 1. The predicted molar refractivity (Wildman–Crippen MR) is 112 cm³/mol. The Bertz CT molecular complexity index is 490. The molecule has 4 rings (SSSR count). The lowest BCUT2D eigenvalue weighted by Gasteiger charge is -2.39. The second kappa shape index (κ2) is 10.0. The van der Waals surface area contributed by atoms with E-state index in [4.69, 9.17) is 0 Å². The molecule has 3 fully saturated rings. The monoisotopic (exact) mass is 385 g/mol. The van der Waals surface area contributed by atoms with Gasteiger partial charge in [0.1, 0.15) is 0 Å². The molecule has 1 saturated carbocycles. The number of hydrogen-bond donors (Lipinski definition) is 1. The molecule has 1 aliphatic carbocycles. The highest BCUT2D eigenvalue weighted by atomic mass is 35.5. The van der Waals surface area contributed by atoms with Gasteiger partial charge in [-0.3, -0.25) is 4.90 Å². The van der Waals surface area contributed by atoms with Crippen LogP contribution in [-0.4, -0.2) is 44.2 Å². The summed E-state index contributed by atoms with van der Waals surface area (Å²) >= 11 is 0. The van der Waals surface area contributed by atoms with Gasteiger partial charge in [0, 0.05) is 51.0 Å². The lowest BCUT2D eigenvalue weighted by atomic mass is 9.89. The Morgan fingerprint density at radius 2 is 1.40 bits per heavy atom. The second-order valence-corrected chi connectivity index (χ2v) is 7.56. The zero-order valence-corrected chi connectivity index (χ0v) is 16.8. The first-order valence-electron chi connectivity index (χ1n) is 9.71. The fraction of sp³-hybridized carbons (Fsp3) is 0.700. The number of rotatable bonds is 4. The Hall–Kier alpha value is -0.480. The van der Waals surface area contributed by atoms with Crippen molar-refractivity contribution in [3.05, 3.63) is 29.8 Å². The van der Waals surface area contributed by atoms with E-state index in [1.807, 2.05) is 0 Å². The number of nitrogens with one attached hydrogen (secondary N) is 1. The molecule has 3 nitrogen and oxygen atoms in total. The molecule has 1 aromatic rings. The van der Waals surface area contributed by atoms with Gasteiger partial charge in [-0.2, -0.15) is 0 Å². The van der Waals surface area contributed by atoms with E-state index >= 15 is 0 Å². The molecule has 0 bridgehead atoms. The molecular formula is C20H33Cl2N3. The minimum atomic E-state index is 0. The molecule has 5 heteroatoms. The van der Waals surface area contributed by atoms with Gasteiger partial charge in [0.15, 0.2) is 0 Å². The number of halogens is 2. The van der Waals surface area contributed by atoms with Crippen molar-refractivity contribution in [1.82, 2.24) is 10.2 Å². The highest BCUT2D eigenvalue weighted by Crippen LogP contribution is 2.40. The van der Waals surface area contributed by atoms with E-state index < -0.39 is 0 Å². The van der Waals surface area contributed by atoms with E-state index in [2.05, 4.69) is 39.4 Å². The molecule has 2 heterocycles. The van der Waals surface area contributed by atoms with Crippen LogP contribution >= 0.6 is 24.8 Å². The van der Waals surface area contributed by atoms with E-state index in [1.54, 1.807) is 5.56 Å². The lowest BCUT2D eigenvalue weighted by molar-refractivity contribution is 0.125. The third kappa shape index (κ3) is 4.82. The predicted octanol–water partition coefficient (Wildman–Crippen LogP) is 4.27. The largest absolute Gasteiger partial charge is 0.372 e. The third-order valence-electron chi connectivity index (χ3n) is 6.10. The van der Waals surface area contributed by atoms with Gasteiger partial charge in [-0.05, 0) is 49.3 Å². The fourth-order valence-electron chi connectivity index (χ4n) is 4.87. The van der Waals surface area contributed by atoms with E-state index in [1.165, 1.54) is 70.4 Å². The van der Waals surface area contributed by atoms with Gasteiger partial charge in [0.25, 0.3) is 0 Å². The van der Waals surface area contributed by atoms with E-state index in [0.29, 0.717) is 6.04 Å². The molecule has 2 aliphatic heterocycles. The van der Waals surface area contributed by atoms with Crippen LogP contribution in [0.5, 0.6) is 0 Å². The summed E-state index contributed by atoms with van der Waals surface area (Å²) in [4.78, 5) is 5.29. The van der Waals surface area contributed by atoms with Gasteiger partial charge in [-0.15, -0.1) is 24.8 Å². The molecule has 3 aliphatic rings. The van der Waals surface area contributed by atoms with Gasteiger partial charge in [-0.25, -0.2) is 0 Å². The highest BCUT2D eigenvalue weighted by Gasteiger charge is 2.31. The van der Waals surface area contributed by atoms with Gasteiger partial charge in [-0.1, -0.05) is 25.0 Å². The summed E-state index contributed by atoms with van der Waals surface area (Å²) in [5.41, 5.74) is 2.98. The molecule has 2 saturated heterocycles. The van der Waals surface area contributed by atoms with E-state index in [-0.39, 0.29) is 24.8 Å². The molecule has 0 amide bonds. The van der Waals surface area contributed by atoms with Crippen LogP contribution in [0.1, 0.15) is 50.1 Å². The maximum absolute atomic E-state index is 3.51. The summed E-state index contributed by atoms with van der Waals surface area (Å²) in [6.07, 6.45) is 8.41. The second-order valence-electron chi connectivity index (χ2n) is 7.56. The average Bonchev–Trinajstić information content (AvgIpc) is 3.31. The minimum absolute atomic E-state index is 0. The fourth-order valence-corrected chi connectivity index (χ4v) is 4.87. The quantitative estimate of drug-likeness (QED) is 0.834. The molecule has 1 atom stereocenters. The van der Waals surface area contributed by atoms with Gasteiger partial charge in [0.2, 0.25) is 0 Å². The van der Waals surface area contributed by atoms with Crippen molar-refractivity contribution in [2.24, 2.45) is 5.92 Å². The number of piperazine rings is 1. The number of benzene rings is 1. The first-order chi connectivity index (χ1) is 11.4. The smallest absolute Gasteiger partial charge is 0.0377 e. The van der Waals surface area contributed by atoms with Gasteiger partial charge >= 0.3 is 0 Å². The van der Waals surface area contributed by atoms with Crippen LogP contribution in [0.4, 0.5) is 5.69 Å². The molecule has 1 aromatic carbocycles. The average molecular weight is 386 g/mol. The molecule has 142 valence electrons. The lowest BCUT2D eigenvalue weighted by Crippen LogP contribution is -2.46. The molecule has 0 spiro atoms. The SMILES string of the molecule is Cl.Cl.c1cc(N2CCCC2)ccc1[C@H](C1CCCC1)N1CCNCC1. The maximum atomic E-state index is 3.51. The molecule has 1 N–H and O–H groups in total. The zero-order valence-electron chi connectivity index (χ0n) is 15.2. The Balaban J connectivity index is 0.00000113. The van der Waals surface area contributed by atoms with Crippen molar-refractivity contribution in [2.75, 3.05) is 44.2 Å². The van der Waals surface area contributed by atoms with Crippen LogP contribution in [0.15, 0.2) is 24.3 Å². The van der Waals surface area contributed by atoms with Crippen molar-refractivity contribution < 1.29 is 0 Å². The number of hydrogen-bond acceptors (Lipinski definition) is 3. The van der Waals surface area contributed by atoms with Crippen LogP contribution in [0.25, 0.3) is 0 Å². The normalized spacial score (nSPS) is 23.1. The van der Waals surface area contributed by atoms with E-state index in [9.17, 15) is 0 Å². The van der Waals surface area contributed by atoms with Crippen molar-refractivity contribution in [3.63, 3.8) is 0 Å². The summed E-state index contributed by atoms with van der Waals surface area (Å²) in [7, 11) is 0. The Labute approximate surface area is 165 Å². The molecule has 25 heavy (non-hydrogen) atoms. The Morgan fingerprint density at radius 1 is 0.800 bits per heavy atom. The summed E-state index contributed by atoms with van der Waals surface area (Å²) in [5.74, 6) is 0.866. The van der Waals surface area contributed by atoms with Crippen LogP contribution in [-0.2, 0) is 0 Å². The van der Waals surface area contributed by atoms with Gasteiger partial charge < -0.3 is 10.2 Å². The molecule has 0 unspecified atom stereocenters. The van der Waals surface area contributed by atoms with Crippen LogP contribution in [0.2, 0.25) is 0 Å². The third-order valence-corrected chi connectivity index (χ3v) is 6.10. The summed E-state index contributed by atoms with van der Waals surface area (Å²) < 4.78 is 0. The standard InChI is InChI=1S/C20H31N3.2ClH/c1-2-6-17(5-1)20(23-15-11-21-12-16-23)18-7-9-19(10-8-18)22-13-3-4-14-22;;/h7-10,17,20-21H,1-6,11-16H2;2*1H/t20-;;/m0../s1. The zero-order chi connectivity index (χ0) is 15.5. The van der Waals surface area contributed by atoms with Crippen LogP contribution < -0.4 is 10.2 Å². The highest BCUT2D eigenvalue weighted by molar-refractivity contribution is 5.85. The van der Waals surface area contributed by atoms with Crippen molar-refractivity contribution in [2.45, 2.75) is 44.6 Å². The Kier molecular flexibility index (Phi) is 8.34. The van der Waals surface area contributed by atoms with Crippen LogP contribution in [0, 0.1) is 5.92 Å².